The molecule has 108 valence electrons. The summed E-state index contributed by atoms with van der Waals surface area (Å²) >= 11 is 0. The van der Waals surface area contributed by atoms with Crippen LogP contribution in [0.1, 0.15) is 65.7 Å². The van der Waals surface area contributed by atoms with Crippen LogP contribution in [0.15, 0.2) is 0 Å². The fourth-order valence-corrected chi connectivity index (χ4v) is 2.97. The van der Waals surface area contributed by atoms with Crippen LogP contribution >= 0.6 is 0 Å². The third kappa shape index (κ3) is 6.19. The average Bonchev–Trinajstić information content (AvgIpc) is 2.37. The first-order valence-electron chi connectivity index (χ1n) is 8.25. The van der Waals surface area contributed by atoms with E-state index in [0.29, 0.717) is 0 Å². The third-order valence-corrected chi connectivity index (χ3v) is 4.43. The summed E-state index contributed by atoms with van der Waals surface area (Å²) in [6, 6.07) is 0.753. The number of hydrogen-bond acceptors (Lipinski definition) is 2. The zero-order valence-corrected chi connectivity index (χ0v) is 12.9. The zero-order valence-electron chi connectivity index (χ0n) is 12.9. The van der Waals surface area contributed by atoms with Crippen molar-refractivity contribution in [3.05, 3.63) is 0 Å². The standard InChI is InChI=1S/C16H34N2/c1-4-7-9-15(5-2)14-18-12-8-11-17-16(6-3)10-13-18/h15-17H,4-14H2,1-3H3. The van der Waals surface area contributed by atoms with Crippen LogP contribution in [0.5, 0.6) is 0 Å². The van der Waals surface area contributed by atoms with Gasteiger partial charge in [-0.15, -0.1) is 0 Å². The Bertz CT molecular complexity index is 194. The minimum absolute atomic E-state index is 0.753. The van der Waals surface area contributed by atoms with Gasteiger partial charge in [0, 0.05) is 12.6 Å². The van der Waals surface area contributed by atoms with E-state index in [2.05, 4.69) is 31.0 Å². The lowest BCUT2D eigenvalue weighted by Gasteiger charge is -2.31. The summed E-state index contributed by atoms with van der Waals surface area (Å²) in [4.78, 5) is 2.73. The molecule has 2 nitrogen and oxygen atoms in total. The van der Waals surface area contributed by atoms with Crippen LogP contribution in [0.4, 0.5) is 0 Å². The van der Waals surface area contributed by atoms with Gasteiger partial charge in [-0.25, -0.2) is 0 Å². The molecule has 1 N–H and O–H groups in total. The summed E-state index contributed by atoms with van der Waals surface area (Å²) in [5.41, 5.74) is 0. The highest BCUT2D eigenvalue weighted by Crippen LogP contribution is 2.16. The van der Waals surface area contributed by atoms with Crippen LogP contribution in [0, 0.1) is 5.92 Å². The first kappa shape index (κ1) is 16.0. The number of nitrogens with zero attached hydrogens (tertiary/aromatic N) is 1. The van der Waals surface area contributed by atoms with Gasteiger partial charge in [0.05, 0.1) is 0 Å². The van der Waals surface area contributed by atoms with Crippen molar-refractivity contribution >= 4 is 0 Å². The molecule has 1 heterocycles. The summed E-state index contributed by atoms with van der Waals surface area (Å²) in [5, 5.41) is 3.67. The second-order valence-corrected chi connectivity index (χ2v) is 5.92. The molecule has 1 aliphatic heterocycles. The van der Waals surface area contributed by atoms with E-state index >= 15 is 0 Å². The Morgan fingerprint density at radius 2 is 2.06 bits per heavy atom. The molecule has 2 atom stereocenters. The first-order chi connectivity index (χ1) is 8.80. The minimum Gasteiger partial charge on any atom is -0.314 e. The monoisotopic (exact) mass is 254 g/mol. The predicted molar refractivity (Wildman–Crippen MR) is 81.1 cm³/mol. The van der Waals surface area contributed by atoms with Gasteiger partial charge in [0.15, 0.2) is 0 Å². The van der Waals surface area contributed by atoms with Crippen LogP contribution in [-0.2, 0) is 0 Å². The van der Waals surface area contributed by atoms with Gasteiger partial charge in [0.1, 0.15) is 0 Å². The molecule has 18 heavy (non-hydrogen) atoms. The zero-order chi connectivity index (χ0) is 13.2. The maximum atomic E-state index is 3.67. The number of rotatable bonds is 7. The van der Waals surface area contributed by atoms with Crippen LogP contribution in [-0.4, -0.2) is 37.1 Å². The molecular formula is C16H34N2. The van der Waals surface area contributed by atoms with Crippen molar-refractivity contribution in [2.75, 3.05) is 26.2 Å². The molecule has 0 amide bonds. The summed E-state index contributed by atoms with van der Waals surface area (Å²) in [5.74, 6) is 0.928. The quantitative estimate of drug-likeness (QED) is 0.746. The molecule has 2 heteroatoms. The summed E-state index contributed by atoms with van der Waals surface area (Å²) in [7, 11) is 0. The minimum atomic E-state index is 0.753. The van der Waals surface area contributed by atoms with Gasteiger partial charge in [-0.2, -0.15) is 0 Å². The molecule has 0 radical (unpaired) electrons. The highest BCUT2D eigenvalue weighted by atomic mass is 15.1. The van der Waals surface area contributed by atoms with Crippen molar-refractivity contribution in [3.8, 4) is 0 Å². The fourth-order valence-electron chi connectivity index (χ4n) is 2.97. The van der Waals surface area contributed by atoms with E-state index in [1.54, 1.807) is 0 Å². The van der Waals surface area contributed by atoms with Gasteiger partial charge in [-0.3, -0.25) is 0 Å². The third-order valence-electron chi connectivity index (χ3n) is 4.43. The molecule has 1 rings (SSSR count). The molecule has 0 aromatic carbocycles. The topological polar surface area (TPSA) is 15.3 Å². The first-order valence-corrected chi connectivity index (χ1v) is 8.25. The van der Waals surface area contributed by atoms with E-state index < -0.39 is 0 Å². The summed E-state index contributed by atoms with van der Waals surface area (Å²) < 4.78 is 0. The molecule has 0 saturated carbocycles. The second-order valence-electron chi connectivity index (χ2n) is 5.92. The number of hydrogen-bond donors (Lipinski definition) is 1. The SMILES string of the molecule is CCCCC(CC)CN1CCCNC(CC)CC1. The van der Waals surface area contributed by atoms with Crippen molar-refractivity contribution < 1.29 is 0 Å². The molecule has 0 spiro atoms. The van der Waals surface area contributed by atoms with E-state index in [1.807, 2.05) is 0 Å². The molecule has 0 aromatic rings. The Labute approximate surface area is 115 Å². The maximum Gasteiger partial charge on any atom is 0.00766 e. The predicted octanol–water partition coefficient (Wildman–Crippen LogP) is 3.67. The lowest BCUT2D eigenvalue weighted by atomic mass is 9.98. The van der Waals surface area contributed by atoms with Gasteiger partial charge in [-0.1, -0.05) is 40.0 Å². The lowest BCUT2D eigenvalue weighted by Crippen LogP contribution is -2.41. The van der Waals surface area contributed by atoms with Gasteiger partial charge < -0.3 is 10.2 Å². The van der Waals surface area contributed by atoms with Crippen molar-refractivity contribution in [1.82, 2.24) is 10.2 Å². The van der Waals surface area contributed by atoms with Crippen LogP contribution in [0.25, 0.3) is 0 Å². The van der Waals surface area contributed by atoms with Crippen molar-refractivity contribution in [2.45, 2.75) is 71.8 Å². The van der Waals surface area contributed by atoms with Gasteiger partial charge in [0.25, 0.3) is 0 Å². The summed E-state index contributed by atoms with van der Waals surface area (Å²) in [6.07, 6.45) is 9.47. The molecule has 0 bridgehead atoms. The Morgan fingerprint density at radius 1 is 1.22 bits per heavy atom. The largest absolute Gasteiger partial charge is 0.314 e. The van der Waals surface area contributed by atoms with Gasteiger partial charge >= 0.3 is 0 Å². The number of nitrogens with one attached hydrogen (secondary N) is 1. The van der Waals surface area contributed by atoms with Gasteiger partial charge in [-0.05, 0) is 51.2 Å². The van der Waals surface area contributed by atoms with E-state index in [4.69, 9.17) is 0 Å². The maximum absolute atomic E-state index is 3.67. The van der Waals surface area contributed by atoms with Crippen LogP contribution < -0.4 is 5.32 Å². The molecule has 1 aliphatic rings. The van der Waals surface area contributed by atoms with E-state index in [0.717, 1.165) is 12.0 Å². The number of unbranched alkanes of at least 4 members (excludes halogenated alkanes) is 1. The molecule has 1 saturated heterocycles. The van der Waals surface area contributed by atoms with E-state index in [1.165, 1.54) is 71.1 Å². The lowest BCUT2D eigenvalue weighted by molar-refractivity contribution is 0.192. The van der Waals surface area contributed by atoms with Crippen molar-refractivity contribution in [2.24, 2.45) is 5.92 Å². The Morgan fingerprint density at radius 3 is 2.72 bits per heavy atom. The second kappa shape index (κ2) is 9.80. The highest BCUT2D eigenvalue weighted by molar-refractivity contribution is 4.74. The van der Waals surface area contributed by atoms with Crippen LogP contribution in [0.3, 0.4) is 0 Å². The fraction of sp³-hybridized carbons (Fsp3) is 1.00. The molecule has 1 fully saturated rings. The normalized spacial score (nSPS) is 24.5. The molecular weight excluding hydrogens is 220 g/mol. The summed E-state index contributed by atoms with van der Waals surface area (Å²) in [6.45, 7) is 12.1. The Balaban J connectivity index is 2.33. The molecule has 0 aromatic heterocycles. The van der Waals surface area contributed by atoms with E-state index in [9.17, 15) is 0 Å². The average molecular weight is 254 g/mol. The van der Waals surface area contributed by atoms with Crippen molar-refractivity contribution in [3.63, 3.8) is 0 Å². The molecule has 2 unspecified atom stereocenters. The Kier molecular flexibility index (Phi) is 8.70. The molecule has 0 aliphatic carbocycles. The van der Waals surface area contributed by atoms with Crippen molar-refractivity contribution in [1.29, 1.82) is 0 Å². The highest BCUT2D eigenvalue weighted by Gasteiger charge is 2.16. The smallest absolute Gasteiger partial charge is 0.00766 e. The van der Waals surface area contributed by atoms with Crippen LogP contribution in [0.2, 0.25) is 0 Å². The Hall–Kier alpha value is -0.0800. The van der Waals surface area contributed by atoms with Gasteiger partial charge in [0.2, 0.25) is 0 Å². The van der Waals surface area contributed by atoms with E-state index in [-0.39, 0.29) is 0 Å².